The van der Waals surface area contributed by atoms with Gasteiger partial charge in [-0.05, 0) is 56.9 Å². The van der Waals surface area contributed by atoms with E-state index in [0.29, 0.717) is 36.9 Å². The molecule has 9 heteroatoms. The number of carbonyl (C=O) groups excluding carboxylic acids is 3. The summed E-state index contributed by atoms with van der Waals surface area (Å²) in [7, 11) is 0. The van der Waals surface area contributed by atoms with Crippen molar-refractivity contribution in [3.05, 3.63) is 60.2 Å². The highest BCUT2D eigenvalue weighted by Crippen LogP contribution is 2.26. The van der Waals surface area contributed by atoms with Crippen LogP contribution in [0.15, 0.2) is 48.8 Å². The summed E-state index contributed by atoms with van der Waals surface area (Å²) in [5.74, 6) is -0.139. The van der Waals surface area contributed by atoms with Gasteiger partial charge in [0.15, 0.2) is 0 Å². The van der Waals surface area contributed by atoms with Gasteiger partial charge in [0.2, 0.25) is 5.91 Å². The van der Waals surface area contributed by atoms with Crippen LogP contribution in [0.1, 0.15) is 88.7 Å². The lowest BCUT2D eigenvalue weighted by Crippen LogP contribution is -2.32. The van der Waals surface area contributed by atoms with E-state index in [0.717, 1.165) is 12.8 Å². The molecule has 0 aromatic carbocycles. The fourth-order valence-corrected chi connectivity index (χ4v) is 4.20. The van der Waals surface area contributed by atoms with Crippen molar-refractivity contribution in [2.75, 3.05) is 13.2 Å². The summed E-state index contributed by atoms with van der Waals surface area (Å²) in [5, 5.41) is 2.97. The molecule has 202 valence electrons. The van der Waals surface area contributed by atoms with Crippen LogP contribution >= 0.6 is 0 Å². The third-order valence-electron chi connectivity index (χ3n) is 6.01. The van der Waals surface area contributed by atoms with Crippen LogP contribution in [-0.4, -0.2) is 41.0 Å². The van der Waals surface area contributed by atoms with Gasteiger partial charge < -0.3 is 20.5 Å². The number of hydrogen-bond acceptors (Lipinski definition) is 8. The molecule has 3 rings (SSSR count). The first-order chi connectivity index (χ1) is 17.9. The molecule has 37 heavy (non-hydrogen) atoms. The molecular formula is C28H40N4O5. The molecule has 1 amide bonds. The fraction of sp³-hybridized carbons (Fsp3) is 0.536. The van der Waals surface area contributed by atoms with Crippen LogP contribution < -0.4 is 11.1 Å². The smallest absolute Gasteiger partial charge is 0.308 e. The van der Waals surface area contributed by atoms with Crippen LogP contribution in [0.2, 0.25) is 0 Å². The molecule has 0 saturated heterocycles. The molecule has 3 N–H and O–H groups in total. The Labute approximate surface area is 219 Å². The topological polar surface area (TPSA) is 134 Å². The maximum atomic E-state index is 12.3. The monoisotopic (exact) mass is 512 g/mol. The molecular weight excluding hydrogens is 472 g/mol. The molecule has 2 heterocycles. The minimum Gasteiger partial charge on any atom is -0.466 e. The molecule has 2 atom stereocenters. The van der Waals surface area contributed by atoms with Gasteiger partial charge in [0.05, 0.1) is 49.5 Å². The van der Waals surface area contributed by atoms with Gasteiger partial charge in [-0.1, -0.05) is 31.4 Å². The zero-order valence-electron chi connectivity index (χ0n) is 21.9. The molecule has 2 aromatic rings. The first kappa shape index (κ1) is 29.9. The first-order valence-corrected chi connectivity index (χ1v) is 13.1. The predicted octanol–water partition coefficient (Wildman–Crippen LogP) is 4.20. The van der Waals surface area contributed by atoms with Gasteiger partial charge in [-0.2, -0.15) is 0 Å². The van der Waals surface area contributed by atoms with Crippen molar-refractivity contribution in [2.24, 2.45) is 11.7 Å². The van der Waals surface area contributed by atoms with E-state index >= 15 is 0 Å². The summed E-state index contributed by atoms with van der Waals surface area (Å²) in [5.41, 5.74) is 7.16. The van der Waals surface area contributed by atoms with E-state index in [1.807, 2.05) is 24.3 Å². The Hall–Kier alpha value is -3.33. The minimum absolute atomic E-state index is 0.00292. The van der Waals surface area contributed by atoms with E-state index in [4.69, 9.17) is 15.2 Å². The Morgan fingerprint density at radius 2 is 1.46 bits per heavy atom. The van der Waals surface area contributed by atoms with Crippen molar-refractivity contribution in [1.29, 1.82) is 0 Å². The molecule has 1 fully saturated rings. The zero-order chi connectivity index (χ0) is 26.9. The summed E-state index contributed by atoms with van der Waals surface area (Å²) in [4.78, 5) is 43.6. The Bertz CT molecular complexity index is 936. The Morgan fingerprint density at radius 3 is 2.00 bits per heavy atom. The van der Waals surface area contributed by atoms with Crippen molar-refractivity contribution in [3.63, 3.8) is 0 Å². The van der Waals surface area contributed by atoms with Crippen LogP contribution in [0.25, 0.3) is 0 Å². The predicted molar refractivity (Wildman–Crippen MR) is 140 cm³/mol. The molecule has 9 nitrogen and oxygen atoms in total. The van der Waals surface area contributed by atoms with Gasteiger partial charge in [0.1, 0.15) is 0 Å². The standard InChI is InChI=1S/C18H26N2O3.C10H14N2O2/c1-2-23-18(22)13-16(15-10-6-7-11-19-15)20-17(21)12-14-8-4-3-5-9-14;1-2-14-10(13)7-8(11)9-5-3-4-6-12-9/h6-7,10-11,14,16H,2-5,8-9,12-13H2,1H3,(H,20,21);3-6,8H,2,7,11H2,1H3. The summed E-state index contributed by atoms with van der Waals surface area (Å²) in [6, 6.07) is 10.1. The van der Waals surface area contributed by atoms with Crippen LogP contribution in [0, 0.1) is 5.92 Å². The van der Waals surface area contributed by atoms with Crippen molar-refractivity contribution >= 4 is 17.8 Å². The number of aromatic nitrogens is 2. The Morgan fingerprint density at radius 1 is 0.892 bits per heavy atom. The lowest BCUT2D eigenvalue weighted by Gasteiger charge is -2.23. The van der Waals surface area contributed by atoms with Crippen molar-refractivity contribution < 1.29 is 23.9 Å². The van der Waals surface area contributed by atoms with E-state index in [1.54, 1.807) is 38.4 Å². The number of carbonyl (C=O) groups is 3. The van der Waals surface area contributed by atoms with Gasteiger partial charge in [0, 0.05) is 18.8 Å². The number of ether oxygens (including phenoxy) is 2. The van der Waals surface area contributed by atoms with Gasteiger partial charge in [-0.15, -0.1) is 0 Å². The first-order valence-electron chi connectivity index (χ1n) is 13.1. The third kappa shape index (κ3) is 12.0. The summed E-state index contributed by atoms with van der Waals surface area (Å²) in [6.45, 7) is 4.26. The van der Waals surface area contributed by atoms with Crippen LogP contribution in [-0.2, 0) is 23.9 Å². The molecule has 0 bridgehead atoms. The van der Waals surface area contributed by atoms with E-state index < -0.39 is 6.04 Å². The summed E-state index contributed by atoms with van der Waals surface area (Å²) in [6.07, 6.45) is 10.1. The third-order valence-corrected chi connectivity index (χ3v) is 6.01. The number of hydrogen-bond donors (Lipinski definition) is 2. The number of nitrogens with two attached hydrogens (primary N) is 1. The highest BCUT2D eigenvalue weighted by Gasteiger charge is 2.23. The maximum Gasteiger partial charge on any atom is 0.308 e. The van der Waals surface area contributed by atoms with Crippen molar-refractivity contribution in [3.8, 4) is 0 Å². The number of nitrogens with zero attached hydrogens (tertiary/aromatic N) is 2. The molecule has 2 aromatic heterocycles. The average molecular weight is 513 g/mol. The van der Waals surface area contributed by atoms with E-state index in [2.05, 4.69) is 15.3 Å². The van der Waals surface area contributed by atoms with E-state index in [-0.39, 0.29) is 36.7 Å². The second-order valence-corrected chi connectivity index (χ2v) is 8.96. The molecule has 1 aliphatic rings. The zero-order valence-corrected chi connectivity index (χ0v) is 21.9. The van der Waals surface area contributed by atoms with Gasteiger partial charge in [-0.25, -0.2) is 0 Å². The van der Waals surface area contributed by atoms with Crippen LogP contribution in [0.5, 0.6) is 0 Å². The summed E-state index contributed by atoms with van der Waals surface area (Å²) < 4.78 is 9.79. The Balaban J connectivity index is 0.000000294. The lowest BCUT2D eigenvalue weighted by molar-refractivity contribution is -0.144. The molecule has 1 aliphatic carbocycles. The van der Waals surface area contributed by atoms with Crippen molar-refractivity contribution in [1.82, 2.24) is 15.3 Å². The van der Waals surface area contributed by atoms with Crippen molar-refractivity contribution in [2.45, 2.75) is 77.3 Å². The Kier molecular flexibility index (Phi) is 13.9. The lowest BCUT2D eigenvalue weighted by atomic mass is 9.87. The maximum absolute atomic E-state index is 12.3. The van der Waals surface area contributed by atoms with E-state index in [1.165, 1.54) is 19.3 Å². The normalized spacial score (nSPS) is 14.9. The fourth-order valence-electron chi connectivity index (χ4n) is 4.20. The van der Waals surface area contributed by atoms with Crippen LogP contribution in [0.4, 0.5) is 0 Å². The summed E-state index contributed by atoms with van der Waals surface area (Å²) >= 11 is 0. The molecule has 0 radical (unpaired) electrons. The second-order valence-electron chi connectivity index (χ2n) is 8.96. The minimum atomic E-state index is -0.425. The number of pyridine rings is 2. The number of nitrogens with one attached hydrogen (secondary N) is 1. The van der Waals surface area contributed by atoms with Gasteiger partial charge >= 0.3 is 11.9 Å². The average Bonchev–Trinajstić information content (AvgIpc) is 2.90. The van der Waals surface area contributed by atoms with Gasteiger partial charge in [-0.3, -0.25) is 24.4 Å². The molecule has 1 saturated carbocycles. The van der Waals surface area contributed by atoms with Crippen LogP contribution in [0.3, 0.4) is 0 Å². The second kappa shape index (κ2) is 17.2. The largest absolute Gasteiger partial charge is 0.466 e. The molecule has 2 unspecified atom stereocenters. The SMILES string of the molecule is CCOC(=O)CC(N)c1ccccn1.CCOC(=O)CC(NC(=O)CC1CCCCC1)c1ccccn1. The number of esters is 2. The molecule has 0 spiro atoms. The van der Waals surface area contributed by atoms with E-state index in [9.17, 15) is 14.4 Å². The molecule has 0 aliphatic heterocycles. The number of amides is 1. The quantitative estimate of drug-likeness (QED) is 0.428. The number of rotatable bonds is 11. The highest BCUT2D eigenvalue weighted by molar-refractivity contribution is 5.78. The highest BCUT2D eigenvalue weighted by atomic mass is 16.5. The van der Waals surface area contributed by atoms with Gasteiger partial charge in [0.25, 0.3) is 0 Å².